The molecule has 0 bridgehead atoms. The summed E-state index contributed by atoms with van der Waals surface area (Å²) < 4.78 is 11.4. The number of thiophene rings is 1. The molecule has 27 heavy (non-hydrogen) atoms. The first-order chi connectivity index (χ1) is 13.0. The molecule has 0 amide bonds. The van der Waals surface area contributed by atoms with Crippen LogP contribution < -0.4 is 9.47 Å². The zero-order valence-electron chi connectivity index (χ0n) is 14.4. The number of rotatable bonds is 10. The minimum Gasteiger partial charge on any atom is -0.489 e. The zero-order chi connectivity index (χ0) is 19.6. The van der Waals surface area contributed by atoms with Crippen molar-refractivity contribution in [1.82, 2.24) is 0 Å². The zero-order valence-corrected chi connectivity index (χ0v) is 18.2. The first kappa shape index (κ1) is 22.2. The number of nitrogens with zero attached hydrogens (tertiary/aromatic N) is 1. The van der Waals surface area contributed by atoms with E-state index in [1.165, 1.54) is 6.08 Å². The number of hydrogen-bond donors (Lipinski definition) is 0. The van der Waals surface area contributed by atoms with Crippen LogP contribution in [0.3, 0.4) is 0 Å². The summed E-state index contributed by atoms with van der Waals surface area (Å²) in [5.41, 5.74) is 0. The summed E-state index contributed by atoms with van der Waals surface area (Å²) in [5.74, 6) is 0.886. The molecule has 0 radical (unpaired) electrons. The van der Waals surface area contributed by atoms with E-state index in [4.69, 9.17) is 60.7 Å². The highest BCUT2D eigenvalue weighted by atomic mass is 35.5. The van der Waals surface area contributed by atoms with E-state index in [1.807, 2.05) is 19.1 Å². The third-order valence-electron chi connectivity index (χ3n) is 3.05. The molecule has 1 heterocycles. The Hall–Kier alpha value is -1.11. The second-order valence-electron chi connectivity index (χ2n) is 5.18. The van der Waals surface area contributed by atoms with Gasteiger partial charge in [0.1, 0.15) is 30.1 Å². The van der Waals surface area contributed by atoms with Crippen molar-refractivity contribution in [1.29, 1.82) is 0 Å². The van der Waals surface area contributed by atoms with Crippen LogP contribution in [0.4, 0.5) is 0 Å². The average molecular weight is 469 g/mol. The Balaban J connectivity index is 1.94. The van der Waals surface area contributed by atoms with Gasteiger partial charge in [-0.15, -0.1) is 11.3 Å². The van der Waals surface area contributed by atoms with Crippen molar-refractivity contribution in [3.05, 3.63) is 54.6 Å². The van der Waals surface area contributed by atoms with Crippen molar-refractivity contribution in [2.75, 3.05) is 13.2 Å². The Labute approximate surface area is 182 Å². The number of oxime groups is 1. The van der Waals surface area contributed by atoms with Crippen LogP contribution in [0.2, 0.25) is 10.0 Å². The van der Waals surface area contributed by atoms with E-state index in [-0.39, 0.29) is 11.1 Å². The van der Waals surface area contributed by atoms with Crippen LogP contribution in [0.1, 0.15) is 23.1 Å². The molecule has 2 rings (SSSR count). The molecule has 9 heteroatoms. The van der Waals surface area contributed by atoms with Gasteiger partial charge in [-0.05, 0) is 24.6 Å². The lowest BCUT2D eigenvalue weighted by molar-refractivity contribution is 0.146. The number of ether oxygens (including phenoxy) is 2. The SMILES string of the molecule is CCCON=Cc1ccc(COc2c(Cl)cc(OCC=C(Cl)Cl)cc2Cl)s1. The highest BCUT2D eigenvalue weighted by molar-refractivity contribution is 7.13. The summed E-state index contributed by atoms with van der Waals surface area (Å²) in [6.45, 7) is 3.16. The van der Waals surface area contributed by atoms with Crippen molar-refractivity contribution in [2.45, 2.75) is 20.0 Å². The molecule has 1 aromatic heterocycles. The predicted molar refractivity (Wildman–Crippen MR) is 114 cm³/mol. The van der Waals surface area contributed by atoms with Gasteiger partial charge in [0.25, 0.3) is 0 Å². The summed E-state index contributed by atoms with van der Waals surface area (Å²) in [7, 11) is 0. The number of benzene rings is 1. The number of hydrogen-bond acceptors (Lipinski definition) is 5. The van der Waals surface area contributed by atoms with Crippen LogP contribution in [0.25, 0.3) is 0 Å². The van der Waals surface area contributed by atoms with Gasteiger partial charge in [-0.25, -0.2) is 0 Å². The van der Waals surface area contributed by atoms with Crippen molar-refractivity contribution in [3.63, 3.8) is 0 Å². The molecule has 4 nitrogen and oxygen atoms in total. The molecule has 0 spiro atoms. The maximum absolute atomic E-state index is 6.25. The molecule has 146 valence electrons. The Bertz CT molecular complexity index is 781. The van der Waals surface area contributed by atoms with E-state index in [9.17, 15) is 0 Å². The minimum absolute atomic E-state index is 0.129. The lowest BCUT2D eigenvalue weighted by Crippen LogP contribution is -1.97. The van der Waals surface area contributed by atoms with Crippen molar-refractivity contribution >= 4 is 64.0 Å². The molecule has 0 aliphatic heterocycles. The van der Waals surface area contributed by atoms with Gasteiger partial charge in [0.15, 0.2) is 5.75 Å². The summed E-state index contributed by atoms with van der Waals surface area (Å²) in [6, 6.07) is 7.14. The van der Waals surface area contributed by atoms with Crippen molar-refractivity contribution in [2.24, 2.45) is 5.16 Å². The fourth-order valence-corrected chi connectivity index (χ4v) is 3.37. The van der Waals surface area contributed by atoms with E-state index in [2.05, 4.69) is 5.16 Å². The summed E-state index contributed by atoms with van der Waals surface area (Å²) in [6.07, 6.45) is 4.11. The van der Waals surface area contributed by atoms with Gasteiger partial charge in [0.05, 0.1) is 16.3 Å². The summed E-state index contributed by atoms with van der Waals surface area (Å²) in [4.78, 5) is 7.06. The van der Waals surface area contributed by atoms with Gasteiger partial charge in [-0.1, -0.05) is 58.5 Å². The maximum atomic E-state index is 6.25. The molecule has 0 atom stereocenters. The van der Waals surface area contributed by atoms with Crippen LogP contribution in [0.5, 0.6) is 11.5 Å². The fraction of sp³-hybridized carbons (Fsp3) is 0.278. The second kappa shape index (κ2) is 11.7. The van der Waals surface area contributed by atoms with Crippen LogP contribution in [0.15, 0.2) is 40.0 Å². The summed E-state index contributed by atoms with van der Waals surface area (Å²) >= 11 is 25.1. The van der Waals surface area contributed by atoms with Crippen molar-refractivity contribution < 1.29 is 14.3 Å². The van der Waals surface area contributed by atoms with Crippen LogP contribution in [-0.2, 0) is 11.4 Å². The highest BCUT2D eigenvalue weighted by Gasteiger charge is 2.11. The molecule has 0 N–H and O–H groups in total. The molecule has 0 unspecified atom stereocenters. The van der Waals surface area contributed by atoms with E-state index in [1.54, 1.807) is 29.7 Å². The monoisotopic (exact) mass is 467 g/mol. The van der Waals surface area contributed by atoms with Crippen LogP contribution in [-0.4, -0.2) is 19.4 Å². The predicted octanol–water partition coefficient (Wildman–Crippen LogP) is 7.09. The molecule has 0 aliphatic rings. The Kier molecular flexibility index (Phi) is 9.59. The van der Waals surface area contributed by atoms with Crippen LogP contribution >= 0.6 is 57.7 Å². The van der Waals surface area contributed by atoms with E-state index >= 15 is 0 Å². The van der Waals surface area contributed by atoms with E-state index < -0.39 is 0 Å². The number of halogens is 4. The van der Waals surface area contributed by atoms with Gasteiger partial charge in [-0.2, -0.15) is 0 Å². The average Bonchev–Trinajstić information content (AvgIpc) is 3.05. The minimum atomic E-state index is 0.129. The molecule has 0 saturated carbocycles. The topological polar surface area (TPSA) is 40.0 Å². The third kappa shape index (κ3) is 7.80. The Morgan fingerprint density at radius 2 is 1.89 bits per heavy atom. The Morgan fingerprint density at radius 3 is 2.56 bits per heavy atom. The molecular weight excluding hydrogens is 452 g/mol. The first-order valence-corrected chi connectivity index (χ1v) is 10.3. The first-order valence-electron chi connectivity index (χ1n) is 7.99. The molecule has 1 aromatic carbocycles. The lowest BCUT2D eigenvalue weighted by Gasteiger charge is -2.11. The molecule has 0 fully saturated rings. The van der Waals surface area contributed by atoms with Gasteiger partial charge in [-0.3, -0.25) is 0 Å². The maximum Gasteiger partial charge on any atom is 0.157 e. The quantitative estimate of drug-likeness (QED) is 0.212. The van der Waals surface area contributed by atoms with Crippen molar-refractivity contribution in [3.8, 4) is 11.5 Å². The van der Waals surface area contributed by atoms with E-state index in [0.717, 1.165) is 16.2 Å². The largest absolute Gasteiger partial charge is 0.489 e. The van der Waals surface area contributed by atoms with Gasteiger partial charge in [0.2, 0.25) is 0 Å². The molecule has 0 saturated heterocycles. The molecule has 0 aliphatic carbocycles. The molecular formula is C18H17Cl4NO3S. The van der Waals surface area contributed by atoms with Gasteiger partial charge >= 0.3 is 0 Å². The lowest BCUT2D eigenvalue weighted by atomic mass is 10.3. The second-order valence-corrected chi connectivity index (χ2v) is 8.20. The third-order valence-corrected chi connectivity index (χ3v) is 4.91. The van der Waals surface area contributed by atoms with Crippen LogP contribution in [0, 0.1) is 0 Å². The normalized spacial score (nSPS) is 10.9. The van der Waals surface area contributed by atoms with Gasteiger partial charge < -0.3 is 14.3 Å². The Morgan fingerprint density at radius 1 is 1.15 bits per heavy atom. The van der Waals surface area contributed by atoms with Gasteiger partial charge in [0, 0.05) is 21.9 Å². The fourth-order valence-electron chi connectivity index (χ4n) is 1.88. The highest BCUT2D eigenvalue weighted by Crippen LogP contribution is 2.37. The summed E-state index contributed by atoms with van der Waals surface area (Å²) in [5, 5.41) is 4.61. The smallest absolute Gasteiger partial charge is 0.157 e. The molecule has 2 aromatic rings. The van der Waals surface area contributed by atoms with E-state index in [0.29, 0.717) is 34.8 Å². The standard InChI is InChI=1S/C18H17Cl4NO3S/c1-2-6-26-23-10-13-3-4-14(27-13)11-25-18-15(19)8-12(9-16(18)20)24-7-5-17(21)22/h3-5,8-10H,2,6-7,11H2,1H3.